The Kier molecular flexibility index (Phi) is 11.7. The Labute approximate surface area is 291 Å². The summed E-state index contributed by atoms with van der Waals surface area (Å²) in [4.78, 5) is 51.8. The minimum Gasteiger partial charge on any atom is -0.465 e. The van der Waals surface area contributed by atoms with Gasteiger partial charge in [0, 0.05) is 36.1 Å². The second kappa shape index (κ2) is 16.3. The normalized spacial score (nSPS) is 16.6. The van der Waals surface area contributed by atoms with Crippen LogP contribution in [-0.2, 0) is 25.5 Å². The minimum atomic E-state index is -0.623. The number of carbonyl (C=O) groups excluding carboxylic acids is 4. The first-order valence-corrected chi connectivity index (χ1v) is 16.9. The highest BCUT2D eigenvalue weighted by molar-refractivity contribution is 5.96. The number of methoxy groups -OCH3 is 1. The van der Waals surface area contributed by atoms with Gasteiger partial charge in [-0.25, -0.2) is 9.59 Å². The Hall–Kier alpha value is -5.39. The van der Waals surface area contributed by atoms with Gasteiger partial charge < -0.3 is 20.1 Å². The molecule has 0 radical (unpaired) electrons. The number of H-pyrrole nitrogens is 1. The van der Waals surface area contributed by atoms with E-state index >= 15 is 0 Å². The largest absolute Gasteiger partial charge is 0.465 e. The molecule has 0 saturated heterocycles. The van der Waals surface area contributed by atoms with Gasteiger partial charge in [-0.15, -0.1) is 10.2 Å². The highest BCUT2D eigenvalue weighted by Crippen LogP contribution is 2.32. The summed E-state index contributed by atoms with van der Waals surface area (Å²) >= 11 is 0. The van der Waals surface area contributed by atoms with E-state index in [0.717, 1.165) is 35.1 Å². The maximum Gasteiger partial charge on any atom is 0.407 e. The predicted octanol–water partition coefficient (Wildman–Crippen LogP) is 6.41. The average Bonchev–Trinajstić information content (AvgIpc) is 3.65. The van der Waals surface area contributed by atoms with Crippen molar-refractivity contribution in [3.63, 3.8) is 0 Å². The molecule has 2 amide bonds. The van der Waals surface area contributed by atoms with Crippen molar-refractivity contribution in [2.45, 2.75) is 64.9 Å². The maximum atomic E-state index is 13.9. The number of ketones is 1. The number of aromatic nitrogens is 4. The van der Waals surface area contributed by atoms with Crippen LogP contribution in [0.2, 0.25) is 0 Å². The lowest BCUT2D eigenvalue weighted by Crippen LogP contribution is -2.37. The molecule has 1 heterocycles. The van der Waals surface area contributed by atoms with Crippen molar-refractivity contribution in [2.24, 2.45) is 17.8 Å². The number of amides is 2. The molecule has 262 valence electrons. The number of esters is 1. The highest BCUT2D eigenvalue weighted by atomic mass is 16.6. The lowest BCUT2D eigenvalue weighted by atomic mass is 9.77. The first kappa shape index (κ1) is 35.9. The Morgan fingerprint density at radius 2 is 1.60 bits per heavy atom. The topological polar surface area (TPSA) is 165 Å². The van der Waals surface area contributed by atoms with Crippen LogP contribution in [0.1, 0.15) is 68.8 Å². The van der Waals surface area contributed by atoms with E-state index in [1.165, 1.54) is 7.11 Å². The van der Waals surface area contributed by atoms with E-state index < -0.39 is 23.6 Å². The van der Waals surface area contributed by atoms with Crippen molar-refractivity contribution < 1.29 is 28.7 Å². The fraction of sp³-hybridized carbons (Fsp3) is 0.395. The second-order valence-corrected chi connectivity index (χ2v) is 13.7. The van der Waals surface area contributed by atoms with Crippen LogP contribution in [0.25, 0.3) is 22.5 Å². The molecule has 1 atom stereocenters. The zero-order valence-corrected chi connectivity index (χ0v) is 28.9. The van der Waals surface area contributed by atoms with Gasteiger partial charge in [0.15, 0.2) is 0 Å². The maximum absolute atomic E-state index is 13.9. The summed E-state index contributed by atoms with van der Waals surface area (Å²) in [6.45, 7) is 5.98. The number of ether oxygens (including phenoxy) is 2. The van der Waals surface area contributed by atoms with E-state index in [1.807, 2.05) is 51.1 Å². The fourth-order valence-electron chi connectivity index (χ4n) is 6.23. The summed E-state index contributed by atoms with van der Waals surface area (Å²) in [5, 5.41) is 19.9. The number of hydrogen-bond donors (Lipinski definition) is 3. The molecule has 0 unspecified atom stereocenters. The van der Waals surface area contributed by atoms with E-state index in [2.05, 4.69) is 31.3 Å². The van der Waals surface area contributed by atoms with Crippen LogP contribution in [0, 0.1) is 17.8 Å². The monoisotopic (exact) mass is 680 g/mol. The van der Waals surface area contributed by atoms with E-state index in [1.54, 1.807) is 42.5 Å². The molecule has 1 saturated carbocycles. The standard InChI is InChI=1S/C38H44N6O6/c1-38(2,3)50-37(48)39-23-24-11-13-26(14-12-24)33(45)22-31(35(46)40-32-17-15-27(16-18-32)34-41-43-44-42-34)20-25-7-5-8-28(19-25)29-9-6-10-30(21-29)36(47)49-4/h5-10,15-19,21,24,26,31H,11-14,20,22-23H2,1-4H3,(H,39,48)(H,40,46)(H,41,42,43,44)/t24?,26?,31-/m1/s1. The van der Waals surface area contributed by atoms with Crippen LogP contribution in [0.3, 0.4) is 0 Å². The third-order valence-corrected chi connectivity index (χ3v) is 8.84. The van der Waals surface area contributed by atoms with Crippen LogP contribution in [-0.4, -0.2) is 63.6 Å². The molecule has 0 aliphatic heterocycles. The summed E-state index contributed by atoms with van der Waals surface area (Å²) in [5.74, 6) is -0.665. The number of Topliss-reactive ketones (excluding diaryl/α,β-unsaturated/α-hetero) is 1. The summed E-state index contributed by atoms with van der Waals surface area (Å²) in [5.41, 5.74) is 3.83. The van der Waals surface area contributed by atoms with Crippen LogP contribution in [0.15, 0.2) is 72.8 Å². The van der Waals surface area contributed by atoms with E-state index in [-0.39, 0.29) is 29.9 Å². The smallest absolute Gasteiger partial charge is 0.407 e. The number of benzene rings is 3. The van der Waals surface area contributed by atoms with Crippen molar-refractivity contribution in [3.8, 4) is 22.5 Å². The number of tetrazole rings is 1. The van der Waals surface area contributed by atoms with Gasteiger partial charge >= 0.3 is 12.1 Å². The lowest BCUT2D eigenvalue weighted by Gasteiger charge is -2.29. The van der Waals surface area contributed by atoms with Gasteiger partial charge in [0.1, 0.15) is 11.4 Å². The highest BCUT2D eigenvalue weighted by Gasteiger charge is 2.31. The summed E-state index contributed by atoms with van der Waals surface area (Å²) in [6.07, 6.45) is 3.03. The molecule has 4 aromatic rings. The number of alkyl carbamates (subject to hydrolysis) is 1. The molecule has 1 aliphatic carbocycles. The van der Waals surface area contributed by atoms with Crippen molar-refractivity contribution in [3.05, 3.63) is 83.9 Å². The van der Waals surface area contributed by atoms with Gasteiger partial charge in [0.2, 0.25) is 11.7 Å². The molecule has 12 heteroatoms. The summed E-state index contributed by atoms with van der Waals surface area (Å²) in [6, 6.07) is 22.1. The molecule has 50 heavy (non-hydrogen) atoms. The molecule has 3 aromatic carbocycles. The van der Waals surface area contributed by atoms with Crippen molar-refractivity contribution in [2.75, 3.05) is 19.0 Å². The summed E-state index contributed by atoms with van der Waals surface area (Å²) in [7, 11) is 1.35. The number of anilines is 1. The van der Waals surface area contributed by atoms with Gasteiger partial charge in [-0.2, -0.15) is 5.21 Å². The van der Waals surface area contributed by atoms with E-state index in [4.69, 9.17) is 9.47 Å². The molecule has 1 aliphatic rings. The quantitative estimate of drug-likeness (QED) is 0.143. The first-order chi connectivity index (χ1) is 24.0. The molecule has 1 fully saturated rings. The first-order valence-electron chi connectivity index (χ1n) is 16.9. The molecular formula is C38H44N6O6. The Morgan fingerprint density at radius 3 is 2.26 bits per heavy atom. The van der Waals surface area contributed by atoms with Gasteiger partial charge in [-0.3, -0.25) is 9.59 Å². The number of aromatic amines is 1. The van der Waals surface area contributed by atoms with Gasteiger partial charge in [-0.1, -0.05) is 36.4 Å². The lowest BCUT2D eigenvalue weighted by molar-refractivity contribution is -0.129. The molecule has 0 bridgehead atoms. The van der Waals surface area contributed by atoms with Crippen molar-refractivity contribution in [1.82, 2.24) is 25.9 Å². The van der Waals surface area contributed by atoms with E-state index in [9.17, 15) is 19.2 Å². The van der Waals surface area contributed by atoms with Crippen LogP contribution < -0.4 is 10.6 Å². The zero-order valence-electron chi connectivity index (χ0n) is 28.9. The number of rotatable bonds is 12. The molecule has 1 aromatic heterocycles. The Morgan fingerprint density at radius 1 is 0.900 bits per heavy atom. The second-order valence-electron chi connectivity index (χ2n) is 13.7. The van der Waals surface area contributed by atoms with Crippen LogP contribution >= 0.6 is 0 Å². The van der Waals surface area contributed by atoms with Gasteiger partial charge in [0.25, 0.3) is 0 Å². The van der Waals surface area contributed by atoms with Crippen LogP contribution in [0.5, 0.6) is 0 Å². The van der Waals surface area contributed by atoms with Gasteiger partial charge in [0.05, 0.1) is 12.7 Å². The fourth-order valence-corrected chi connectivity index (χ4v) is 6.23. The Balaban J connectivity index is 1.27. The SMILES string of the molecule is COC(=O)c1cccc(-c2cccc(C[C@H](CC(=O)C3CCC(CNC(=O)OC(C)(C)C)CC3)C(=O)Nc3ccc(-c4nn[nH]n4)cc3)c2)c1. The van der Waals surface area contributed by atoms with Crippen LogP contribution in [0.4, 0.5) is 10.5 Å². The van der Waals surface area contributed by atoms with Crippen molar-refractivity contribution in [1.29, 1.82) is 0 Å². The Bertz CT molecular complexity index is 1780. The summed E-state index contributed by atoms with van der Waals surface area (Å²) < 4.78 is 10.2. The minimum absolute atomic E-state index is 0.0677. The van der Waals surface area contributed by atoms with E-state index in [0.29, 0.717) is 42.9 Å². The third-order valence-electron chi connectivity index (χ3n) is 8.84. The number of carbonyl (C=O) groups is 4. The molecule has 5 rings (SSSR count). The number of nitrogens with zero attached hydrogens (tertiary/aromatic N) is 3. The van der Waals surface area contributed by atoms with Crippen molar-refractivity contribution >= 4 is 29.4 Å². The zero-order chi connectivity index (χ0) is 35.7. The molecular weight excluding hydrogens is 636 g/mol. The average molecular weight is 681 g/mol. The predicted molar refractivity (Wildman–Crippen MR) is 188 cm³/mol. The molecule has 0 spiro atoms. The molecule has 3 N–H and O–H groups in total. The number of nitrogens with one attached hydrogen (secondary N) is 3. The number of hydrogen-bond acceptors (Lipinski definition) is 9. The van der Waals surface area contributed by atoms with Gasteiger partial charge in [-0.05, 0) is 117 Å². The third kappa shape index (κ3) is 10.1. The molecule has 12 nitrogen and oxygen atoms in total.